The normalized spacial score (nSPS) is 28.0. The largest absolute Gasteiger partial charge is 0.493 e. The van der Waals surface area contributed by atoms with Gasteiger partial charge < -0.3 is 24.6 Å². The van der Waals surface area contributed by atoms with Crippen LogP contribution in [0.2, 0.25) is 5.02 Å². The Morgan fingerprint density at radius 1 is 1.10 bits per heavy atom. The minimum atomic E-state index is -1.06. The van der Waals surface area contributed by atoms with Crippen LogP contribution in [0.3, 0.4) is 0 Å². The highest BCUT2D eigenvalue weighted by Crippen LogP contribution is 2.58. The first-order valence-electron chi connectivity index (χ1n) is 18.4. The number of rotatable bonds is 9. The molecule has 1 fully saturated rings. The van der Waals surface area contributed by atoms with Crippen molar-refractivity contribution in [3.63, 3.8) is 0 Å². The van der Waals surface area contributed by atoms with Gasteiger partial charge in [0.2, 0.25) is 0 Å². The molecule has 262 valence electrons. The molecule has 0 radical (unpaired) electrons. The molecular weight excluding hydrogens is 636 g/mol. The maximum Gasteiger partial charge on any atom is 0.329 e. The molecule has 3 aliphatic carbocycles. The third-order valence-electron chi connectivity index (χ3n) is 12.0. The van der Waals surface area contributed by atoms with Crippen molar-refractivity contribution in [3.8, 4) is 17.2 Å². The molecule has 1 aliphatic heterocycles. The number of hydrogen-bond acceptors (Lipinski definition) is 6. The van der Waals surface area contributed by atoms with Crippen molar-refractivity contribution in [2.45, 2.75) is 115 Å². The van der Waals surface area contributed by atoms with Crippen molar-refractivity contribution in [2.75, 3.05) is 18.5 Å². The van der Waals surface area contributed by atoms with E-state index < -0.39 is 11.5 Å². The second-order valence-electron chi connectivity index (χ2n) is 15.7. The zero-order valence-corrected chi connectivity index (χ0v) is 30.2. The summed E-state index contributed by atoms with van der Waals surface area (Å²) in [6.07, 6.45) is 10.7. The molecule has 0 saturated heterocycles. The van der Waals surface area contributed by atoms with Crippen LogP contribution in [0.1, 0.15) is 107 Å². The van der Waals surface area contributed by atoms with Gasteiger partial charge in [0.25, 0.3) is 0 Å². The number of carbonyl (C=O) groups is 1. The highest BCUT2D eigenvalue weighted by atomic mass is 35.5. The van der Waals surface area contributed by atoms with Crippen LogP contribution in [-0.2, 0) is 23.1 Å². The molecule has 3 aromatic rings. The molecule has 2 N–H and O–H groups in total. The predicted molar refractivity (Wildman–Crippen MR) is 193 cm³/mol. The number of nitrogens with one attached hydrogen (secondary N) is 1. The van der Waals surface area contributed by atoms with E-state index in [1.54, 1.807) is 0 Å². The number of fused-ring (bicyclic) bond motifs is 4. The molecule has 0 bridgehead atoms. The van der Waals surface area contributed by atoms with E-state index in [0.29, 0.717) is 54.7 Å². The Hall–Kier alpha value is -3.45. The van der Waals surface area contributed by atoms with Crippen LogP contribution in [0.15, 0.2) is 48.7 Å². The SMILES string of the molecule is CC(C)C1CCOc2cc3c(cc2O1)CC(C[C@@H](C)COc1ccnc2c1[C@H](C)CCC2)C31CCC(Nc2cccc(Cl)c2)(C(=O)O)CC1. The Bertz CT molecular complexity index is 1680. The summed E-state index contributed by atoms with van der Waals surface area (Å²) < 4.78 is 19.5. The van der Waals surface area contributed by atoms with Crippen LogP contribution in [0.4, 0.5) is 5.69 Å². The monoisotopic (exact) mass is 686 g/mol. The van der Waals surface area contributed by atoms with Gasteiger partial charge in [0, 0.05) is 34.6 Å². The first kappa shape index (κ1) is 34.0. The third kappa shape index (κ3) is 6.60. The summed E-state index contributed by atoms with van der Waals surface area (Å²) in [4.78, 5) is 17.7. The van der Waals surface area contributed by atoms with E-state index in [-0.39, 0.29) is 11.5 Å². The Morgan fingerprint density at radius 2 is 1.92 bits per heavy atom. The molecule has 4 aliphatic rings. The molecule has 49 heavy (non-hydrogen) atoms. The van der Waals surface area contributed by atoms with E-state index in [1.807, 2.05) is 36.5 Å². The van der Waals surface area contributed by atoms with Crippen LogP contribution in [0.25, 0.3) is 0 Å². The van der Waals surface area contributed by atoms with Crippen LogP contribution >= 0.6 is 11.6 Å². The second-order valence-corrected chi connectivity index (χ2v) is 16.1. The lowest BCUT2D eigenvalue weighted by atomic mass is 9.59. The van der Waals surface area contributed by atoms with Gasteiger partial charge in [-0.3, -0.25) is 4.98 Å². The van der Waals surface area contributed by atoms with Crippen molar-refractivity contribution < 1.29 is 24.1 Å². The third-order valence-corrected chi connectivity index (χ3v) is 12.3. The standard InChI is InChI=1S/C41H51ClN2O5/c1-25(2)34-12-18-47-36-23-32-28(21-37(36)49-34)20-29(19-26(3)24-48-35-11-17-43-33-10-5-7-27(4)38(33)35)40(32)13-15-41(16-14-40,39(45)46)44-31-9-6-8-30(42)22-31/h6,8-9,11,17,21-23,25-27,29,34,44H,5,7,10,12-16,18-20,24H2,1-4H3,(H,45,46)/t26-,27-,29?,34?,40?,41?/m1/s1. The summed E-state index contributed by atoms with van der Waals surface area (Å²) in [6.45, 7) is 10.3. The molecule has 1 spiro atoms. The van der Waals surface area contributed by atoms with Crippen molar-refractivity contribution in [2.24, 2.45) is 17.8 Å². The van der Waals surface area contributed by atoms with E-state index in [4.69, 9.17) is 25.8 Å². The summed E-state index contributed by atoms with van der Waals surface area (Å²) in [5.74, 6) is 3.35. The minimum absolute atomic E-state index is 0.118. The Morgan fingerprint density at radius 3 is 2.67 bits per heavy atom. The topological polar surface area (TPSA) is 89.9 Å². The smallest absolute Gasteiger partial charge is 0.329 e. The van der Waals surface area contributed by atoms with Crippen molar-refractivity contribution in [1.82, 2.24) is 4.98 Å². The Balaban J connectivity index is 1.16. The second kappa shape index (κ2) is 13.7. The lowest BCUT2D eigenvalue weighted by Crippen LogP contribution is -2.53. The highest BCUT2D eigenvalue weighted by molar-refractivity contribution is 6.30. The number of nitrogens with zero attached hydrogens (tertiary/aromatic N) is 1. The molecular formula is C41H51ClN2O5. The number of halogens is 1. The summed E-state index contributed by atoms with van der Waals surface area (Å²) in [5.41, 5.74) is 4.62. The first-order chi connectivity index (χ1) is 23.6. The summed E-state index contributed by atoms with van der Waals surface area (Å²) in [5, 5.41) is 14.6. The lowest BCUT2D eigenvalue weighted by Gasteiger charge is -2.47. The molecule has 2 unspecified atom stereocenters. The van der Waals surface area contributed by atoms with E-state index in [2.05, 4.69) is 50.1 Å². The summed E-state index contributed by atoms with van der Waals surface area (Å²) in [7, 11) is 0. The van der Waals surface area contributed by atoms with Crippen LogP contribution in [0, 0.1) is 17.8 Å². The van der Waals surface area contributed by atoms with Crippen LogP contribution in [0.5, 0.6) is 17.2 Å². The maximum atomic E-state index is 13.0. The zero-order valence-electron chi connectivity index (χ0n) is 29.4. The molecule has 2 aromatic carbocycles. The van der Waals surface area contributed by atoms with E-state index in [1.165, 1.54) is 35.2 Å². The predicted octanol–water partition coefficient (Wildman–Crippen LogP) is 9.39. The number of benzene rings is 2. The minimum Gasteiger partial charge on any atom is -0.493 e. The van der Waals surface area contributed by atoms with E-state index in [0.717, 1.165) is 61.5 Å². The van der Waals surface area contributed by atoms with Gasteiger partial charge in [-0.2, -0.15) is 0 Å². The van der Waals surface area contributed by atoms with Crippen LogP contribution in [-0.4, -0.2) is 40.9 Å². The fraction of sp³-hybridized carbons (Fsp3) is 0.561. The van der Waals surface area contributed by atoms with Gasteiger partial charge in [-0.1, -0.05) is 45.4 Å². The van der Waals surface area contributed by atoms with Gasteiger partial charge in [-0.15, -0.1) is 0 Å². The number of pyridine rings is 1. The van der Waals surface area contributed by atoms with Gasteiger partial charge in [-0.05, 0) is 134 Å². The van der Waals surface area contributed by atoms with Gasteiger partial charge in [-0.25, -0.2) is 4.79 Å². The van der Waals surface area contributed by atoms with Crippen molar-refractivity contribution in [1.29, 1.82) is 0 Å². The van der Waals surface area contributed by atoms with E-state index >= 15 is 0 Å². The molecule has 1 saturated carbocycles. The van der Waals surface area contributed by atoms with Gasteiger partial charge in [0.15, 0.2) is 11.5 Å². The fourth-order valence-electron chi connectivity index (χ4n) is 9.30. The van der Waals surface area contributed by atoms with Gasteiger partial charge in [0.05, 0.1) is 13.2 Å². The number of aryl methyl sites for hydroxylation is 1. The molecule has 0 amide bonds. The van der Waals surface area contributed by atoms with Crippen molar-refractivity contribution >= 4 is 23.3 Å². The summed E-state index contributed by atoms with van der Waals surface area (Å²) >= 11 is 6.29. The maximum absolute atomic E-state index is 13.0. The Kier molecular flexibility index (Phi) is 9.51. The molecule has 8 heteroatoms. The lowest BCUT2D eigenvalue weighted by molar-refractivity contribution is -0.144. The molecule has 7 rings (SSSR count). The first-order valence-corrected chi connectivity index (χ1v) is 18.8. The Labute approximate surface area is 296 Å². The van der Waals surface area contributed by atoms with E-state index in [9.17, 15) is 9.90 Å². The molecule has 7 nitrogen and oxygen atoms in total. The molecule has 2 heterocycles. The number of aliphatic carboxylic acids is 1. The average Bonchev–Trinajstić information content (AvgIpc) is 3.19. The number of ether oxygens (including phenoxy) is 3. The summed E-state index contributed by atoms with van der Waals surface area (Å²) in [6, 6.07) is 13.9. The quantitative estimate of drug-likeness (QED) is 0.232. The van der Waals surface area contributed by atoms with Gasteiger partial charge >= 0.3 is 5.97 Å². The fourth-order valence-corrected chi connectivity index (χ4v) is 9.49. The van der Waals surface area contributed by atoms with Crippen molar-refractivity contribution in [3.05, 3.63) is 76.1 Å². The average molecular weight is 687 g/mol. The molecule has 1 aromatic heterocycles. The number of carboxylic acids is 1. The van der Waals surface area contributed by atoms with Gasteiger partial charge in [0.1, 0.15) is 17.4 Å². The number of anilines is 1. The molecule has 4 atom stereocenters. The number of aromatic nitrogens is 1. The number of hydrogen-bond donors (Lipinski definition) is 2. The number of carboxylic acid groups (broad SMARTS) is 1. The highest BCUT2D eigenvalue weighted by Gasteiger charge is 2.54. The zero-order chi connectivity index (χ0) is 34.3. The van der Waals surface area contributed by atoms with Crippen LogP contribution < -0.4 is 19.5 Å².